The van der Waals surface area contributed by atoms with Crippen LogP contribution in [0, 0.1) is 5.82 Å². The van der Waals surface area contributed by atoms with Crippen molar-refractivity contribution in [1.29, 1.82) is 0 Å². The molecule has 1 aliphatic rings. The highest BCUT2D eigenvalue weighted by Gasteiger charge is 2.19. The first-order valence-electron chi connectivity index (χ1n) is 9.14. The summed E-state index contributed by atoms with van der Waals surface area (Å²) in [6.07, 6.45) is 6.59. The lowest BCUT2D eigenvalue weighted by molar-refractivity contribution is 0.0933. The number of benzene rings is 2. The van der Waals surface area contributed by atoms with Crippen LogP contribution in [0.25, 0.3) is 0 Å². The van der Waals surface area contributed by atoms with Gasteiger partial charge in [-0.15, -0.1) is 0 Å². The molecule has 1 aliphatic carbocycles. The van der Waals surface area contributed by atoms with Gasteiger partial charge in [-0.1, -0.05) is 37.8 Å². The highest BCUT2D eigenvalue weighted by atomic mass is 32.2. The Morgan fingerprint density at radius 2 is 1.56 bits per heavy atom. The molecule has 2 aromatic carbocycles. The van der Waals surface area contributed by atoms with Gasteiger partial charge in [0.1, 0.15) is 5.82 Å². The van der Waals surface area contributed by atoms with E-state index in [0.717, 1.165) is 25.7 Å². The molecule has 0 aromatic heterocycles. The van der Waals surface area contributed by atoms with Gasteiger partial charge in [0.2, 0.25) is 0 Å². The summed E-state index contributed by atoms with van der Waals surface area (Å²) in [4.78, 5) is 12.4. The smallest absolute Gasteiger partial charge is 0.261 e. The average molecular weight is 390 g/mol. The van der Waals surface area contributed by atoms with E-state index in [4.69, 9.17) is 0 Å². The summed E-state index contributed by atoms with van der Waals surface area (Å²) in [6, 6.07) is 11.4. The minimum absolute atomic E-state index is 0.0308. The van der Waals surface area contributed by atoms with Crippen LogP contribution in [0.1, 0.15) is 48.9 Å². The van der Waals surface area contributed by atoms with Crippen LogP contribution in [0.15, 0.2) is 53.4 Å². The third-order valence-electron chi connectivity index (χ3n) is 4.74. The van der Waals surface area contributed by atoms with E-state index in [1.807, 2.05) is 0 Å². The van der Waals surface area contributed by atoms with Crippen molar-refractivity contribution in [3.05, 3.63) is 59.9 Å². The number of sulfonamides is 1. The molecule has 27 heavy (non-hydrogen) atoms. The predicted octanol–water partition coefficient (Wildman–Crippen LogP) is 4.08. The highest BCUT2D eigenvalue weighted by Crippen LogP contribution is 2.20. The Morgan fingerprint density at radius 1 is 0.926 bits per heavy atom. The fourth-order valence-corrected chi connectivity index (χ4v) is 4.29. The van der Waals surface area contributed by atoms with Gasteiger partial charge in [-0.3, -0.25) is 9.52 Å². The van der Waals surface area contributed by atoms with Crippen LogP contribution in [-0.4, -0.2) is 20.4 Å². The summed E-state index contributed by atoms with van der Waals surface area (Å²) in [5.74, 6) is -0.853. The van der Waals surface area contributed by atoms with Crippen molar-refractivity contribution < 1.29 is 17.6 Å². The van der Waals surface area contributed by atoms with E-state index >= 15 is 0 Å². The first-order chi connectivity index (χ1) is 13.0. The number of hydrogen-bond acceptors (Lipinski definition) is 3. The van der Waals surface area contributed by atoms with Crippen molar-refractivity contribution >= 4 is 21.6 Å². The Kier molecular flexibility index (Phi) is 6.11. The molecule has 5 nitrogen and oxygen atoms in total. The monoisotopic (exact) mass is 390 g/mol. The maximum absolute atomic E-state index is 13.7. The van der Waals surface area contributed by atoms with Crippen LogP contribution < -0.4 is 10.0 Å². The molecule has 0 saturated heterocycles. The molecule has 0 radical (unpaired) electrons. The average Bonchev–Trinajstić information content (AvgIpc) is 2.92. The van der Waals surface area contributed by atoms with E-state index in [1.165, 1.54) is 55.3 Å². The number of halogens is 1. The molecular weight excluding hydrogens is 367 g/mol. The van der Waals surface area contributed by atoms with Crippen molar-refractivity contribution in [3.8, 4) is 0 Å². The Labute approximate surface area is 159 Å². The summed E-state index contributed by atoms with van der Waals surface area (Å²) >= 11 is 0. The molecule has 0 atom stereocenters. The molecule has 0 spiro atoms. The van der Waals surface area contributed by atoms with Crippen LogP contribution >= 0.6 is 0 Å². The quantitative estimate of drug-likeness (QED) is 0.756. The molecule has 2 aromatic rings. The zero-order valence-corrected chi connectivity index (χ0v) is 15.8. The van der Waals surface area contributed by atoms with E-state index in [2.05, 4.69) is 10.0 Å². The SMILES string of the molecule is O=C(NC1CCCCCC1)c1ccc(S(=O)(=O)Nc2ccccc2F)cc1. The fourth-order valence-electron chi connectivity index (χ4n) is 3.23. The van der Waals surface area contributed by atoms with Gasteiger partial charge < -0.3 is 5.32 Å². The molecule has 2 N–H and O–H groups in total. The lowest BCUT2D eigenvalue weighted by Crippen LogP contribution is -2.34. The lowest BCUT2D eigenvalue weighted by atomic mass is 10.1. The molecule has 7 heteroatoms. The van der Waals surface area contributed by atoms with Gasteiger partial charge in [0.25, 0.3) is 15.9 Å². The van der Waals surface area contributed by atoms with Gasteiger partial charge >= 0.3 is 0 Å². The number of hydrogen-bond donors (Lipinski definition) is 2. The first-order valence-corrected chi connectivity index (χ1v) is 10.6. The van der Waals surface area contributed by atoms with Gasteiger partial charge in [-0.2, -0.15) is 0 Å². The van der Waals surface area contributed by atoms with Gasteiger partial charge in [0, 0.05) is 11.6 Å². The second-order valence-corrected chi connectivity index (χ2v) is 8.45. The van der Waals surface area contributed by atoms with Crippen LogP contribution in [0.3, 0.4) is 0 Å². The number of anilines is 1. The van der Waals surface area contributed by atoms with Crippen LogP contribution in [-0.2, 0) is 10.0 Å². The van der Waals surface area contributed by atoms with Crippen molar-refractivity contribution in [1.82, 2.24) is 5.32 Å². The van der Waals surface area contributed by atoms with Crippen LogP contribution in [0.4, 0.5) is 10.1 Å². The topological polar surface area (TPSA) is 75.3 Å². The van der Waals surface area contributed by atoms with Gasteiger partial charge in [0.15, 0.2) is 0 Å². The predicted molar refractivity (Wildman–Crippen MR) is 103 cm³/mol. The van der Waals surface area contributed by atoms with E-state index in [9.17, 15) is 17.6 Å². The van der Waals surface area contributed by atoms with E-state index in [0.29, 0.717) is 5.56 Å². The number of rotatable bonds is 5. The van der Waals surface area contributed by atoms with E-state index in [-0.39, 0.29) is 22.5 Å². The van der Waals surface area contributed by atoms with Crippen molar-refractivity contribution in [2.45, 2.75) is 49.5 Å². The number of amides is 1. The second kappa shape index (κ2) is 8.52. The lowest BCUT2D eigenvalue weighted by Gasteiger charge is -2.16. The number of carbonyl (C=O) groups is 1. The molecular formula is C20H23FN2O3S. The molecule has 0 aliphatic heterocycles. The fraction of sp³-hybridized carbons (Fsp3) is 0.350. The van der Waals surface area contributed by atoms with Gasteiger partial charge in [0.05, 0.1) is 10.6 Å². The third-order valence-corrected chi connectivity index (χ3v) is 6.12. The minimum Gasteiger partial charge on any atom is -0.349 e. The van der Waals surface area contributed by atoms with Crippen molar-refractivity contribution in [2.75, 3.05) is 4.72 Å². The molecule has 1 amide bonds. The zero-order valence-electron chi connectivity index (χ0n) is 14.9. The third kappa shape index (κ3) is 5.07. The summed E-state index contributed by atoms with van der Waals surface area (Å²) in [7, 11) is -3.93. The Hall–Kier alpha value is -2.41. The zero-order chi connectivity index (χ0) is 19.3. The van der Waals surface area contributed by atoms with E-state index in [1.54, 1.807) is 6.07 Å². The molecule has 0 unspecified atom stereocenters. The summed E-state index contributed by atoms with van der Waals surface area (Å²) < 4.78 is 40.7. The van der Waals surface area contributed by atoms with E-state index < -0.39 is 15.8 Å². The maximum atomic E-state index is 13.7. The summed E-state index contributed by atoms with van der Waals surface area (Å²) in [6.45, 7) is 0. The summed E-state index contributed by atoms with van der Waals surface area (Å²) in [5.41, 5.74) is 0.289. The Bertz CT molecular complexity index is 890. The second-order valence-electron chi connectivity index (χ2n) is 6.77. The summed E-state index contributed by atoms with van der Waals surface area (Å²) in [5, 5.41) is 3.03. The van der Waals surface area contributed by atoms with Gasteiger partial charge in [-0.25, -0.2) is 12.8 Å². The number of nitrogens with one attached hydrogen (secondary N) is 2. The number of para-hydroxylation sites is 1. The minimum atomic E-state index is -3.93. The maximum Gasteiger partial charge on any atom is 0.261 e. The van der Waals surface area contributed by atoms with Crippen molar-refractivity contribution in [2.24, 2.45) is 0 Å². The highest BCUT2D eigenvalue weighted by molar-refractivity contribution is 7.92. The largest absolute Gasteiger partial charge is 0.349 e. The molecule has 0 bridgehead atoms. The number of carbonyl (C=O) groups excluding carboxylic acids is 1. The molecule has 1 fully saturated rings. The van der Waals surface area contributed by atoms with Gasteiger partial charge in [-0.05, 0) is 49.2 Å². The van der Waals surface area contributed by atoms with Crippen LogP contribution in [0.5, 0.6) is 0 Å². The normalized spacial score (nSPS) is 15.7. The Morgan fingerprint density at radius 3 is 2.19 bits per heavy atom. The first kappa shape index (κ1) is 19.4. The molecule has 144 valence electrons. The van der Waals surface area contributed by atoms with Crippen LogP contribution in [0.2, 0.25) is 0 Å². The molecule has 0 heterocycles. The standard InChI is InChI=1S/C20H23FN2O3S/c21-18-9-5-6-10-19(18)23-27(25,26)17-13-11-15(12-14-17)20(24)22-16-7-3-1-2-4-8-16/h5-6,9-14,16,23H,1-4,7-8H2,(H,22,24). The molecule has 1 saturated carbocycles. The molecule has 3 rings (SSSR count). The van der Waals surface area contributed by atoms with Crippen molar-refractivity contribution in [3.63, 3.8) is 0 Å². The Balaban J connectivity index is 1.68.